The summed E-state index contributed by atoms with van der Waals surface area (Å²) in [6, 6.07) is 20.2. The quantitative estimate of drug-likeness (QED) is 0.304. The van der Waals surface area contributed by atoms with Gasteiger partial charge in [0.1, 0.15) is 22.9 Å². The van der Waals surface area contributed by atoms with Crippen LogP contribution in [0.15, 0.2) is 87.3 Å². The molecule has 3 aromatic carbocycles. The van der Waals surface area contributed by atoms with Gasteiger partial charge in [0, 0.05) is 4.47 Å². The molecule has 0 saturated heterocycles. The van der Waals surface area contributed by atoms with Crippen molar-refractivity contribution < 1.29 is 22.7 Å². The molecule has 1 N–H and O–H groups in total. The summed E-state index contributed by atoms with van der Waals surface area (Å²) in [5.41, 5.74) is 3.46. The summed E-state index contributed by atoms with van der Waals surface area (Å²) in [4.78, 5) is 12.6. The number of nitrogens with zero attached hydrogens (tertiary/aromatic N) is 2. The van der Waals surface area contributed by atoms with Crippen LogP contribution < -0.4 is 19.2 Å². The summed E-state index contributed by atoms with van der Waals surface area (Å²) in [5.74, 6) is 0.289. The van der Waals surface area contributed by atoms with E-state index < -0.39 is 22.5 Å². The molecule has 0 fully saturated rings. The van der Waals surface area contributed by atoms with Crippen LogP contribution in [0.5, 0.6) is 11.5 Å². The van der Waals surface area contributed by atoms with E-state index in [1.165, 1.54) is 19.4 Å². The first kappa shape index (κ1) is 25.3. The van der Waals surface area contributed by atoms with Crippen LogP contribution in [0.25, 0.3) is 0 Å². The minimum atomic E-state index is -4.15. The second-order valence-corrected chi connectivity index (χ2v) is 9.68. The molecule has 0 aliphatic rings. The third-order valence-corrected chi connectivity index (χ3v) is 6.91. The highest BCUT2D eigenvalue weighted by Crippen LogP contribution is 2.32. The van der Waals surface area contributed by atoms with Crippen LogP contribution in [0.4, 0.5) is 5.69 Å². The van der Waals surface area contributed by atoms with Crippen LogP contribution in [-0.2, 0) is 14.8 Å². The molecule has 34 heavy (non-hydrogen) atoms. The molecule has 0 aromatic heterocycles. The maximum absolute atomic E-state index is 13.6. The van der Waals surface area contributed by atoms with Crippen LogP contribution in [0, 0.1) is 0 Å². The predicted molar refractivity (Wildman–Crippen MR) is 135 cm³/mol. The number of hydrazone groups is 1. The van der Waals surface area contributed by atoms with Crippen LogP contribution in [-0.4, -0.2) is 40.8 Å². The fraction of sp³-hybridized carbons (Fsp3) is 0.167. The number of benzene rings is 3. The lowest BCUT2D eigenvalue weighted by molar-refractivity contribution is -0.119. The number of carbonyl (C=O) groups excluding carboxylic acids is 1. The molecule has 3 rings (SSSR count). The van der Waals surface area contributed by atoms with Gasteiger partial charge < -0.3 is 9.47 Å². The number of carbonyl (C=O) groups is 1. The van der Waals surface area contributed by atoms with E-state index in [4.69, 9.17) is 9.47 Å². The molecule has 0 bridgehead atoms. The maximum Gasteiger partial charge on any atom is 0.268 e. The fourth-order valence-corrected chi connectivity index (χ4v) is 5.16. The van der Waals surface area contributed by atoms with Gasteiger partial charge in [0.25, 0.3) is 15.9 Å². The summed E-state index contributed by atoms with van der Waals surface area (Å²) in [7, 11) is -2.76. The Hall–Kier alpha value is -3.37. The van der Waals surface area contributed by atoms with Crippen molar-refractivity contribution in [2.45, 2.75) is 11.8 Å². The largest absolute Gasteiger partial charge is 0.495 e. The van der Waals surface area contributed by atoms with E-state index in [0.29, 0.717) is 16.8 Å². The lowest BCUT2D eigenvalue weighted by Gasteiger charge is -2.24. The number of anilines is 1. The minimum Gasteiger partial charge on any atom is -0.495 e. The molecule has 10 heteroatoms. The van der Waals surface area contributed by atoms with Crippen molar-refractivity contribution in [1.82, 2.24) is 5.43 Å². The molecule has 0 spiro atoms. The van der Waals surface area contributed by atoms with Crippen LogP contribution in [0.1, 0.15) is 12.5 Å². The highest BCUT2D eigenvalue weighted by Gasteiger charge is 2.30. The zero-order valence-electron chi connectivity index (χ0n) is 18.6. The first-order chi connectivity index (χ1) is 16.3. The van der Waals surface area contributed by atoms with Crippen LogP contribution >= 0.6 is 15.9 Å². The Morgan fingerprint density at radius 1 is 1.09 bits per heavy atom. The van der Waals surface area contributed by atoms with Gasteiger partial charge in [-0.25, -0.2) is 13.8 Å². The summed E-state index contributed by atoms with van der Waals surface area (Å²) in [6.45, 7) is 1.98. The van der Waals surface area contributed by atoms with Crippen molar-refractivity contribution >= 4 is 43.8 Å². The first-order valence-electron chi connectivity index (χ1n) is 10.3. The van der Waals surface area contributed by atoms with Gasteiger partial charge in [-0.05, 0) is 67.1 Å². The molecule has 0 atom stereocenters. The Morgan fingerprint density at radius 2 is 1.79 bits per heavy atom. The third-order valence-electron chi connectivity index (χ3n) is 4.62. The molecular weight excluding hydrogens is 522 g/mol. The van der Waals surface area contributed by atoms with Crippen molar-refractivity contribution in [2.75, 3.05) is 24.6 Å². The normalized spacial score (nSPS) is 11.3. The van der Waals surface area contributed by atoms with Crippen molar-refractivity contribution in [1.29, 1.82) is 0 Å². The Kier molecular flexibility index (Phi) is 8.67. The highest BCUT2D eigenvalue weighted by atomic mass is 79.9. The lowest BCUT2D eigenvalue weighted by Crippen LogP contribution is -2.39. The number of halogens is 1. The van der Waals surface area contributed by atoms with E-state index in [0.717, 1.165) is 15.6 Å². The first-order valence-corrected chi connectivity index (χ1v) is 12.5. The number of ether oxygens (including phenoxy) is 2. The maximum atomic E-state index is 13.6. The lowest BCUT2D eigenvalue weighted by atomic mass is 10.2. The fourth-order valence-electron chi connectivity index (χ4n) is 3.04. The number of rotatable bonds is 10. The van der Waals surface area contributed by atoms with E-state index >= 15 is 0 Å². The second kappa shape index (κ2) is 11.7. The van der Waals surface area contributed by atoms with Gasteiger partial charge in [0.05, 0.1) is 25.6 Å². The summed E-state index contributed by atoms with van der Waals surface area (Å²) < 4.78 is 39.4. The molecule has 0 heterocycles. The van der Waals surface area contributed by atoms with Crippen molar-refractivity contribution in [3.63, 3.8) is 0 Å². The van der Waals surface area contributed by atoms with Crippen molar-refractivity contribution in [3.8, 4) is 11.5 Å². The Morgan fingerprint density at radius 3 is 2.44 bits per heavy atom. The topological polar surface area (TPSA) is 97.3 Å². The number of hydrogen-bond donors (Lipinski definition) is 1. The molecule has 0 unspecified atom stereocenters. The number of methoxy groups -OCH3 is 1. The Labute approximate surface area is 207 Å². The van der Waals surface area contributed by atoms with E-state index in [-0.39, 0.29) is 10.6 Å². The van der Waals surface area contributed by atoms with E-state index in [1.807, 2.05) is 6.92 Å². The molecule has 8 nitrogen and oxygen atoms in total. The number of nitrogens with one attached hydrogen (secondary N) is 1. The zero-order valence-corrected chi connectivity index (χ0v) is 21.0. The zero-order chi connectivity index (χ0) is 24.6. The monoisotopic (exact) mass is 545 g/mol. The molecular formula is C24H24BrN3O5S. The minimum absolute atomic E-state index is 0.0704. The van der Waals surface area contributed by atoms with Crippen molar-refractivity contribution in [3.05, 3.63) is 82.8 Å². The Bertz CT molecular complexity index is 1250. The van der Waals surface area contributed by atoms with Crippen LogP contribution in [0.3, 0.4) is 0 Å². The molecule has 0 aliphatic heterocycles. The average molecular weight is 546 g/mol. The van der Waals surface area contributed by atoms with Gasteiger partial charge >= 0.3 is 0 Å². The molecule has 1 amide bonds. The number of amides is 1. The van der Waals surface area contributed by atoms with Gasteiger partial charge in [0.2, 0.25) is 0 Å². The third kappa shape index (κ3) is 6.36. The second-order valence-electron chi connectivity index (χ2n) is 6.94. The molecule has 0 aliphatic carbocycles. The summed E-state index contributed by atoms with van der Waals surface area (Å²) in [6.07, 6.45) is 1.46. The van der Waals surface area contributed by atoms with Gasteiger partial charge in [-0.15, -0.1) is 0 Å². The average Bonchev–Trinajstić information content (AvgIpc) is 2.84. The SMILES string of the molecule is CCOc1ccc(/C=N\NC(=O)CN(c2ccccc2)S(=O)(=O)c2cc(Br)ccc2OC)cc1. The van der Waals surface area contributed by atoms with E-state index in [2.05, 4.69) is 26.5 Å². The number of para-hydroxylation sites is 1. The van der Waals surface area contributed by atoms with E-state index in [9.17, 15) is 13.2 Å². The van der Waals surface area contributed by atoms with Crippen molar-refractivity contribution in [2.24, 2.45) is 5.10 Å². The van der Waals surface area contributed by atoms with Gasteiger partial charge in [-0.2, -0.15) is 5.10 Å². The predicted octanol–water partition coefficient (Wildman–Crippen LogP) is 4.20. The molecule has 178 valence electrons. The molecule has 3 aromatic rings. The number of sulfonamides is 1. The van der Waals surface area contributed by atoms with Gasteiger partial charge in [0.15, 0.2) is 0 Å². The smallest absolute Gasteiger partial charge is 0.268 e. The number of hydrogen-bond acceptors (Lipinski definition) is 6. The summed E-state index contributed by atoms with van der Waals surface area (Å²) in [5, 5.41) is 3.95. The molecule has 0 saturated carbocycles. The van der Waals surface area contributed by atoms with Gasteiger partial charge in [-0.1, -0.05) is 34.1 Å². The van der Waals surface area contributed by atoms with Gasteiger partial charge in [-0.3, -0.25) is 9.10 Å². The van der Waals surface area contributed by atoms with Crippen LogP contribution in [0.2, 0.25) is 0 Å². The molecule has 0 radical (unpaired) electrons. The summed E-state index contributed by atoms with van der Waals surface area (Å²) >= 11 is 3.30. The van der Waals surface area contributed by atoms with E-state index in [1.54, 1.807) is 66.7 Å². The highest BCUT2D eigenvalue weighted by molar-refractivity contribution is 9.10. The Balaban J connectivity index is 1.82. The standard InChI is InChI=1S/C24H24BrN3O5S/c1-3-33-21-12-9-18(10-13-21)16-26-27-24(29)17-28(20-7-5-4-6-8-20)34(30,31)23-15-19(25)11-14-22(23)32-2/h4-16H,3,17H2,1-2H3,(H,27,29)/b26-16-.